The first-order valence-corrected chi connectivity index (χ1v) is 9.57. The zero-order valence-electron chi connectivity index (χ0n) is 13.2. The minimum absolute atomic E-state index is 0.396. The van der Waals surface area contributed by atoms with Crippen LogP contribution in [0.3, 0.4) is 0 Å². The average Bonchev–Trinajstić information content (AvgIpc) is 2.97. The molecule has 4 nitrogen and oxygen atoms in total. The van der Waals surface area contributed by atoms with Crippen molar-refractivity contribution in [3.63, 3.8) is 0 Å². The molecule has 1 N–H and O–H groups in total. The normalized spacial score (nSPS) is 11.6. The highest BCUT2D eigenvalue weighted by Gasteiger charge is 2.15. The summed E-state index contributed by atoms with van der Waals surface area (Å²) in [5.41, 5.74) is 2.25. The van der Waals surface area contributed by atoms with Gasteiger partial charge in [0.2, 0.25) is 10.0 Å². The molecule has 2 rings (SSSR count). The lowest BCUT2D eigenvalue weighted by atomic mass is 10.1. The van der Waals surface area contributed by atoms with Gasteiger partial charge in [0.1, 0.15) is 4.21 Å². The Morgan fingerprint density at radius 1 is 1.09 bits per heavy atom. The molecule has 0 amide bonds. The highest BCUT2D eigenvalue weighted by atomic mass is 32.2. The summed E-state index contributed by atoms with van der Waals surface area (Å²) in [6.07, 6.45) is 1.54. The fraction of sp³-hybridized carbons (Fsp3) is 0.375. The standard InChI is InChI=1S/C16H22N2O2S2/c1-4-15-9-10-16(21-15)22(19,20)17-12-11-13-5-7-14(8-6-13)18(2)3/h5-10,17H,4,11-12H2,1-3H3. The molecule has 6 heteroatoms. The van der Waals surface area contributed by atoms with E-state index in [0.29, 0.717) is 17.2 Å². The number of nitrogens with zero attached hydrogens (tertiary/aromatic N) is 1. The predicted octanol–water partition coefficient (Wildman–Crippen LogP) is 2.90. The summed E-state index contributed by atoms with van der Waals surface area (Å²) in [6, 6.07) is 11.7. The number of nitrogens with one attached hydrogen (secondary N) is 1. The van der Waals surface area contributed by atoms with E-state index in [9.17, 15) is 8.42 Å². The summed E-state index contributed by atoms with van der Waals surface area (Å²) in [6.45, 7) is 2.43. The van der Waals surface area contributed by atoms with Crippen molar-refractivity contribution in [2.75, 3.05) is 25.5 Å². The second-order valence-corrected chi connectivity index (χ2v) is 8.45. The fourth-order valence-corrected chi connectivity index (χ4v) is 4.43. The topological polar surface area (TPSA) is 49.4 Å². The van der Waals surface area contributed by atoms with Crippen molar-refractivity contribution in [1.82, 2.24) is 4.72 Å². The first-order valence-electron chi connectivity index (χ1n) is 7.27. The summed E-state index contributed by atoms with van der Waals surface area (Å²) in [4.78, 5) is 3.12. The van der Waals surface area contributed by atoms with Crippen LogP contribution in [0.5, 0.6) is 0 Å². The number of hydrogen-bond acceptors (Lipinski definition) is 4. The third-order valence-corrected chi connectivity index (χ3v) is 6.59. The molecule has 22 heavy (non-hydrogen) atoms. The molecule has 1 heterocycles. The maximum atomic E-state index is 12.2. The number of aryl methyl sites for hydroxylation is 1. The Bertz CT molecular complexity index is 704. The van der Waals surface area contributed by atoms with E-state index in [1.165, 1.54) is 11.3 Å². The van der Waals surface area contributed by atoms with Gasteiger partial charge in [-0.25, -0.2) is 13.1 Å². The molecule has 0 saturated carbocycles. The van der Waals surface area contributed by atoms with Crippen molar-refractivity contribution in [3.8, 4) is 0 Å². The molecule has 0 atom stereocenters. The SMILES string of the molecule is CCc1ccc(S(=O)(=O)NCCc2ccc(N(C)C)cc2)s1. The molecule has 0 spiro atoms. The van der Waals surface area contributed by atoms with E-state index >= 15 is 0 Å². The number of hydrogen-bond donors (Lipinski definition) is 1. The van der Waals surface area contributed by atoms with Crippen molar-refractivity contribution in [3.05, 3.63) is 46.8 Å². The van der Waals surface area contributed by atoms with E-state index in [2.05, 4.69) is 4.72 Å². The molecular weight excluding hydrogens is 316 g/mol. The van der Waals surface area contributed by atoms with E-state index in [4.69, 9.17) is 0 Å². The van der Waals surface area contributed by atoms with Crippen LogP contribution in [0.15, 0.2) is 40.6 Å². The van der Waals surface area contributed by atoms with Crippen molar-refractivity contribution < 1.29 is 8.42 Å². The van der Waals surface area contributed by atoms with E-state index in [1.807, 2.05) is 56.3 Å². The smallest absolute Gasteiger partial charge is 0.250 e. The minimum Gasteiger partial charge on any atom is -0.378 e. The fourth-order valence-electron chi connectivity index (χ4n) is 2.05. The Labute approximate surface area is 136 Å². The first kappa shape index (κ1) is 17.0. The van der Waals surface area contributed by atoms with Gasteiger partial charge >= 0.3 is 0 Å². The zero-order valence-corrected chi connectivity index (χ0v) is 14.8. The molecule has 2 aromatic rings. The van der Waals surface area contributed by atoms with Gasteiger partial charge in [-0.05, 0) is 42.7 Å². The van der Waals surface area contributed by atoms with Crippen molar-refractivity contribution in [2.24, 2.45) is 0 Å². The number of anilines is 1. The molecule has 0 aliphatic carbocycles. The molecule has 120 valence electrons. The molecule has 1 aromatic heterocycles. The molecule has 0 bridgehead atoms. The molecule has 0 fully saturated rings. The van der Waals surface area contributed by atoms with Crippen molar-refractivity contribution in [2.45, 2.75) is 24.0 Å². The van der Waals surface area contributed by atoms with Gasteiger partial charge in [0.15, 0.2) is 0 Å². The summed E-state index contributed by atoms with van der Waals surface area (Å²) in [5.74, 6) is 0. The van der Waals surface area contributed by atoms with Gasteiger partial charge in [0, 0.05) is 31.2 Å². The predicted molar refractivity (Wildman–Crippen MR) is 93.4 cm³/mol. The van der Waals surface area contributed by atoms with Crippen LogP contribution in [0.4, 0.5) is 5.69 Å². The first-order chi connectivity index (χ1) is 10.4. The summed E-state index contributed by atoms with van der Waals surface area (Å²) in [5, 5.41) is 0. The highest BCUT2D eigenvalue weighted by Crippen LogP contribution is 2.21. The van der Waals surface area contributed by atoms with E-state index in [0.717, 1.165) is 22.5 Å². The second kappa shape index (κ2) is 7.26. The summed E-state index contributed by atoms with van der Waals surface area (Å²) in [7, 11) is 0.609. The number of sulfonamides is 1. The minimum atomic E-state index is -3.38. The van der Waals surface area contributed by atoms with Crippen molar-refractivity contribution >= 4 is 27.0 Å². The summed E-state index contributed by atoms with van der Waals surface area (Å²) < 4.78 is 27.4. The Morgan fingerprint density at radius 3 is 2.32 bits per heavy atom. The number of thiophene rings is 1. The Morgan fingerprint density at radius 2 is 1.77 bits per heavy atom. The molecule has 0 aliphatic heterocycles. The van der Waals surface area contributed by atoms with E-state index in [1.54, 1.807) is 6.07 Å². The summed E-state index contributed by atoms with van der Waals surface area (Å²) >= 11 is 1.34. The molecule has 0 aliphatic rings. The third-order valence-electron chi connectivity index (χ3n) is 3.41. The Kier molecular flexibility index (Phi) is 5.61. The molecule has 0 radical (unpaired) electrons. The third kappa shape index (κ3) is 4.32. The van der Waals surface area contributed by atoms with E-state index < -0.39 is 10.0 Å². The molecule has 0 saturated heterocycles. The molecular formula is C16H22N2O2S2. The van der Waals surface area contributed by atoms with Gasteiger partial charge in [0.25, 0.3) is 0 Å². The van der Waals surface area contributed by atoms with Crippen LogP contribution in [0.2, 0.25) is 0 Å². The zero-order chi connectivity index (χ0) is 16.2. The van der Waals surface area contributed by atoms with Gasteiger partial charge in [-0.1, -0.05) is 19.1 Å². The van der Waals surface area contributed by atoms with Gasteiger partial charge in [-0.15, -0.1) is 11.3 Å². The largest absolute Gasteiger partial charge is 0.378 e. The molecule has 0 unspecified atom stereocenters. The van der Waals surface area contributed by atoms with Gasteiger partial charge < -0.3 is 4.90 Å². The lowest BCUT2D eigenvalue weighted by Crippen LogP contribution is -2.25. The van der Waals surface area contributed by atoms with Gasteiger partial charge in [-0.3, -0.25) is 0 Å². The lowest BCUT2D eigenvalue weighted by molar-refractivity contribution is 0.584. The second-order valence-electron chi connectivity index (χ2n) is 5.28. The van der Waals surface area contributed by atoms with Crippen LogP contribution in [0, 0.1) is 0 Å². The lowest BCUT2D eigenvalue weighted by Gasteiger charge is -2.12. The van der Waals surface area contributed by atoms with Gasteiger partial charge in [-0.2, -0.15) is 0 Å². The number of rotatable bonds is 7. The van der Waals surface area contributed by atoms with Crippen LogP contribution in [-0.4, -0.2) is 29.1 Å². The quantitative estimate of drug-likeness (QED) is 0.844. The number of benzene rings is 1. The maximum absolute atomic E-state index is 12.2. The van der Waals surface area contributed by atoms with Gasteiger partial charge in [0.05, 0.1) is 0 Å². The van der Waals surface area contributed by atoms with Crippen LogP contribution in [0.25, 0.3) is 0 Å². The maximum Gasteiger partial charge on any atom is 0.250 e. The van der Waals surface area contributed by atoms with Crippen LogP contribution < -0.4 is 9.62 Å². The monoisotopic (exact) mass is 338 g/mol. The molecule has 1 aromatic carbocycles. The van der Waals surface area contributed by atoms with Crippen LogP contribution >= 0.6 is 11.3 Å². The highest BCUT2D eigenvalue weighted by molar-refractivity contribution is 7.91. The van der Waals surface area contributed by atoms with E-state index in [-0.39, 0.29) is 0 Å². The Balaban J connectivity index is 1.92. The van der Waals surface area contributed by atoms with Crippen LogP contribution in [-0.2, 0) is 22.9 Å². The average molecular weight is 338 g/mol. The Hall–Kier alpha value is -1.37. The van der Waals surface area contributed by atoms with Crippen molar-refractivity contribution in [1.29, 1.82) is 0 Å². The van der Waals surface area contributed by atoms with Crippen LogP contribution in [0.1, 0.15) is 17.4 Å².